The minimum Gasteiger partial charge on any atom is -0.344 e. The summed E-state index contributed by atoms with van der Waals surface area (Å²) in [5, 5.41) is 11.1. The van der Waals surface area contributed by atoms with Gasteiger partial charge in [-0.05, 0) is 30.3 Å². The number of benzene rings is 2. The fourth-order valence-corrected chi connectivity index (χ4v) is 3.55. The summed E-state index contributed by atoms with van der Waals surface area (Å²) in [4.78, 5) is 12.1. The van der Waals surface area contributed by atoms with Crippen LogP contribution in [0.25, 0.3) is 11.4 Å². The lowest BCUT2D eigenvalue weighted by atomic mass is 10.1. The molecule has 0 bridgehead atoms. The Morgan fingerprint density at radius 3 is 2.70 bits per heavy atom. The molecule has 1 amide bonds. The number of alkyl halides is 3. The standard InChI is InChI=1S/C23H18F4N4OS/c1-2-13-31-21(18-10-3-4-11-19(18)24)29-30-22(31)33-15-20(32)28-12-6-8-16-7-5-9-17(14-16)23(25,26)27/h2-5,7,9-11,14H,1,12-13,15H2,(H,28,32). The Labute approximate surface area is 191 Å². The molecule has 1 N–H and O–H groups in total. The van der Waals surface area contributed by atoms with Crippen molar-refractivity contribution in [1.29, 1.82) is 0 Å². The summed E-state index contributed by atoms with van der Waals surface area (Å²) in [6, 6.07) is 10.8. The van der Waals surface area contributed by atoms with Gasteiger partial charge in [0.15, 0.2) is 11.0 Å². The first-order valence-electron chi connectivity index (χ1n) is 9.64. The number of allylic oxidation sites excluding steroid dienone is 1. The number of halogens is 4. The zero-order chi connectivity index (χ0) is 23.8. The highest BCUT2D eigenvalue weighted by Gasteiger charge is 2.30. The quantitative estimate of drug-likeness (QED) is 0.236. The van der Waals surface area contributed by atoms with Crippen molar-refractivity contribution >= 4 is 17.7 Å². The van der Waals surface area contributed by atoms with E-state index in [4.69, 9.17) is 0 Å². The summed E-state index contributed by atoms with van der Waals surface area (Å²) in [5.41, 5.74) is -0.298. The van der Waals surface area contributed by atoms with E-state index < -0.39 is 17.6 Å². The second kappa shape index (κ2) is 10.8. The molecule has 0 fully saturated rings. The maximum Gasteiger partial charge on any atom is 0.416 e. The predicted octanol–water partition coefficient (Wildman–Crippen LogP) is 4.55. The molecule has 0 saturated heterocycles. The maximum atomic E-state index is 14.1. The third-order valence-electron chi connectivity index (χ3n) is 4.27. The molecule has 33 heavy (non-hydrogen) atoms. The number of hydrogen-bond acceptors (Lipinski definition) is 4. The normalized spacial score (nSPS) is 10.9. The van der Waals surface area contributed by atoms with Gasteiger partial charge in [-0.2, -0.15) is 13.2 Å². The summed E-state index contributed by atoms with van der Waals surface area (Å²) in [7, 11) is 0. The van der Waals surface area contributed by atoms with Gasteiger partial charge in [0.1, 0.15) is 5.82 Å². The molecule has 2 aromatic carbocycles. The summed E-state index contributed by atoms with van der Waals surface area (Å²) in [5.74, 6) is 4.75. The largest absolute Gasteiger partial charge is 0.416 e. The van der Waals surface area contributed by atoms with Gasteiger partial charge in [0.25, 0.3) is 0 Å². The van der Waals surface area contributed by atoms with E-state index >= 15 is 0 Å². The van der Waals surface area contributed by atoms with Crippen LogP contribution in [0.15, 0.2) is 66.3 Å². The van der Waals surface area contributed by atoms with E-state index in [0.29, 0.717) is 17.5 Å². The fraction of sp³-hybridized carbons (Fsp3) is 0.174. The zero-order valence-electron chi connectivity index (χ0n) is 17.2. The summed E-state index contributed by atoms with van der Waals surface area (Å²) in [6.45, 7) is 3.98. The first kappa shape index (κ1) is 24.1. The van der Waals surface area contributed by atoms with Crippen molar-refractivity contribution in [2.24, 2.45) is 0 Å². The third kappa shape index (κ3) is 6.46. The molecular weight excluding hydrogens is 456 g/mol. The van der Waals surface area contributed by atoms with E-state index in [1.54, 1.807) is 28.8 Å². The number of nitrogens with zero attached hydrogens (tertiary/aromatic N) is 3. The molecule has 5 nitrogen and oxygen atoms in total. The van der Waals surface area contributed by atoms with Gasteiger partial charge in [-0.15, -0.1) is 16.8 Å². The molecule has 1 aromatic heterocycles. The smallest absolute Gasteiger partial charge is 0.344 e. The van der Waals surface area contributed by atoms with Crippen LogP contribution in [0.1, 0.15) is 11.1 Å². The molecule has 3 rings (SSSR count). The van der Waals surface area contributed by atoms with Gasteiger partial charge in [-0.1, -0.05) is 47.9 Å². The van der Waals surface area contributed by atoms with Crippen molar-refractivity contribution in [1.82, 2.24) is 20.1 Å². The Hall–Kier alpha value is -3.58. The molecule has 0 unspecified atom stereocenters. The van der Waals surface area contributed by atoms with Crippen molar-refractivity contribution in [3.63, 3.8) is 0 Å². The molecule has 0 spiro atoms. The number of aromatic nitrogens is 3. The van der Waals surface area contributed by atoms with Crippen LogP contribution in [0.2, 0.25) is 0 Å². The molecule has 3 aromatic rings. The Bertz CT molecular complexity index is 1210. The van der Waals surface area contributed by atoms with Gasteiger partial charge in [-0.25, -0.2) is 4.39 Å². The number of hydrogen-bond donors (Lipinski definition) is 1. The molecule has 0 aliphatic carbocycles. The number of carbonyl (C=O) groups excluding carboxylic acids is 1. The second-order valence-corrected chi connectivity index (χ2v) is 7.57. The van der Waals surface area contributed by atoms with E-state index in [-0.39, 0.29) is 29.3 Å². The molecule has 0 saturated carbocycles. The maximum absolute atomic E-state index is 14.1. The van der Waals surface area contributed by atoms with Crippen molar-refractivity contribution in [2.45, 2.75) is 17.9 Å². The molecule has 0 aliphatic rings. The third-order valence-corrected chi connectivity index (χ3v) is 5.24. The lowest BCUT2D eigenvalue weighted by Gasteiger charge is -2.08. The topological polar surface area (TPSA) is 59.8 Å². The van der Waals surface area contributed by atoms with Crippen LogP contribution in [-0.2, 0) is 17.5 Å². The second-order valence-electron chi connectivity index (χ2n) is 6.63. The van der Waals surface area contributed by atoms with Gasteiger partial charge in [0.05, 0.1) is 23.4 Å². The van der Waals surface area contributed by atoms with E-state index in [2.05, 4.69) is 33.9 Å². The average molecular weight is 474 g/mol. The van der Waals surface area contributed by atoms with Crippen LogP contribution in [0.4, 0.5) is 17.6 Å². The number of nitrogens with one attached hydrogen (secondary N) is 1. The van der Waals surface area contributed by atoms with E-state index in [1.165, 1.54) is 18.2 Å². The minimum atomic E-state index is -4.44. The fourth-order valence-electron chi connectivity index (χ4n) is 2.77. The molecular formula is C23H18F4N4OS. The van der Waals surface area contributed by atoms with Crippen LogP contribution < -0.4 is 5.32 Å². The molecule has 0 radical (unpaired) electrons. The Balaban J connectivity index is 1.58. The van der Waals surface area contributed by atoms with E-state index in [1.807, 2.05) is 0 Å². The lowest BCUT2D eigenvalue weighted by molar-refractivity contribution is -0.137. The highest BCUT2D eigenvalue weighted by Crippen LogP contribution is 2.29. The summed E-state index contributed by atoms with van der Waals surface area (Å²) in [6.07, 6.45) is -2.83. The van der Waals surface area contributed by atoms with E-state index in [9.17, 15) is 22.4 Å². The highest BCUT2D eigenvalue weighted by atomic mass is 32.2. The Morgan fingerprint density at radius 2 is 1.97 bits per heavy atom. The minimum absolute atomic E-state index is 0.00220. The van der Waals surface area contributed by atoms with Crippen LogP contribution in [0, 0.1) is 17.7 Å². The van der Waals surface area contributed by atoms with Crippen molar-refractivity contribution in [3.8, 4) is 23.2 Å². The van der Waals surface area contributed by atoms with Gasteiger partial charge in [0, 0.05) is 12.1 Å². The van der Waals surface area contributed by atoms with Crippen LogP contribution in [-0.4, -0.2) is 33.0 Å². The number of rotatable bonds is 7. The summed E-state index contributed by atoms with van der Waals surface area (Å²) < 4.78 is 54.0. The molecule has 0 atom stereocenters. The van der Waals surface area contributed by atoms with Crippen molar-refractivity contribution < 1.29 is 22.4 Å². The molecule has 0 aliphatic heterocycles. The predicted molar refractivity (Wildman–Crippen MR) is 118 cm³/mol. The van der Waals surface area contributed by atoms with E-state index in [0.717, 1.165) is 23.9 Å². The molecule has 10 heteroatoms. The average Bonchev–Trinajstić information content (AvgIpc) is 3.18. The van der Waals surface area contributed by atoms with Crippen molar-refractivity contribution in [2.75, 3.05) is 12.3 Å². The van der Waals surface area contributed by atoms with Gasteiger partial charge in [0.2, 0.25) is 5.91 Å². The van der Waals surface area contributed by atoms with Gasteiger partial charge >= 0.3 is 6.18 Å². The Morgan fingerprint density at radius 1 is 1.18 bits per heavy atom. The van der Waals surface area contributed by atoms with Crippen LogP contribution >= 0.6 is 11.8 Å². The SMILES string of the molecule is C=CCn1c(SCC(=O)NCC#Cc2cccc(C(F)(F)F)c2)nnc1-c1ccccc1F. The van der Waals surface area contributed by atoms with Gasteiger partial charge in [-0.3, -0.25) is 9.36 Å². The van der Waals surface area contributed by atoms with Gasteiger partial charge < -0.3 is 5.32 Å². The Kier molecular flexibility index (Phi) is 7.90. The number of amides is 1. The monoisotopic (exact) mass is 474 g/mol. The number of carbonyl (C=O) groups is 1. The van der Waals surface area contributed by atoms with Crippen molar-refractivity contribution in [3.05, 3.63) is 78.1 Å². The first-order valence-corrected chi connectivity index (χ1v) is 10.6. The van der Waals surface area contributed by atoms with Crippen LogP contribution in [0.5, 0.6) is 0 Å². The zero-order valence-corrected chi connectivity index (χ0v) is 18.0. The summed E-state index contributed by atoms with van der Waals surface area (Å²) >= 11 is 1.11. The van der Waals surface area contributed by atoms with Crippen LogP contribution in [0.3, 0.4) is 0 Å². The number of thioether (sulfide) groups is 1. The first-order chi connectivity index (χ1) is 15.8. The molecule has 1 heterocycles. The lowest BCUT2D eigenvalue weighted by Crippen LogP contribution is -2.25. The highest BCUT2D eigenvalue weighted by molar-refractivity contribution is 7.99. The molecule has 170 valence electrons.